The van der Waals surface area contributed by atoms with Gasteiger partial charge in [0.05, 0.1) is 5.56 Å². The summed E-state index contributed by atoms with van der Waals surface area (Å²) < 4.78 is 84.1. The van der Waals surface area contributed by atoms with Gasteiger partial charge in [0.1, 0.15) is 0 Å². The first-order valence-corrected chi connectivity index (χ1v) is 10.6. The van der Waals surface area contributed by atoms with Crippen LogP contribution in [0.5, 0.6) is 0 Å². The highest BCUT2D eigenvalue weighted by molar-refractivity contribution is 6.08. The third-order valence-electron chi connectivity index (χ3n) is 5.23. The van der Waals surface area contributed by atoms with Crippen LogP contribution in [0.25, 0.3) is 21.5 Å². The molecule has 37 heavy (non-hydrogen) atoms. The first-order valence-electron chi connectivity index (χ1n) is 10.6. The molecule has 10 heteroatoms. The lowest BCUT2D eigenvalue weighted by molar-refractivity contribution is -0.165. The molecule has 0 N–H and O–H groups in total. The van der Waals surface area contributed by atoms with E-state index in [1.165, 1.54) is 30.3 Å². The number of benzene rings is 4. The fourth-order valence-electron chi connectivity index (χ4n) is 3.42. The monoisotopic (exact) mass is 515 g/mol. The topological polar surface area (TPSA) is 55.7 Å². The molecule has 4 rings (SSSR count). The van der Waals surface area contributed by atoms with E-state index in [4.69, 9.17) is 4.74 Å². The summed E-state index contributed by atoms with van der Waals surface area (Å²) in [6.45, 7) is 0. The molecule has 0 saturated heterocycles. The summed E-state index contributed by atoms with van der Waals surface area (Å²) in [5.41, 5.74) is -2.33. The molecule has 4 nitrogen and oxygen atoms in total. The lowest BCUT2D eigenvalue weighted by atomic mass is 10.1. The number of hydrogen-bond donors (Lipinski definition) is 0. The van der Waals surface area contributed by atoms with Gasteiger partial charge in [0.2, 0.25) is 5.90 Å². The van der Waals surface area contributed by atoms with E-state index in [0.717, 1.165) is 5.39 Å². The number of hydrogen-bond acceptors (Lipinski definition) is 4. The molecule has 0 aliphatic heterocycles. The van der Waals surface area contributed by atoms with Gasteiger partial charge in [0, 0.05) is 11.6 Å². The molecule has 0 radical (unpaired) electrons. The van der Waals surface area contributed by atoms with Crippen LogP contribution in [-0.4, -0.2) is 30.0 Å². The summed E-state index contributed by atoms with van der Waals surface area (Å²) in [5, 5.41) is 2.67. The van der Waals surface area contributed by atoms with Crippen molar-refractivity contribution in [2.45, 2.75) is 12.4 Å². The lowest BCUT2D eigenvalue weighted by Gasteiger charge is -2.13. The zero-order chi connectivity index (χ0) is 26.8. The first-order chi connectivity index (χ1) is 17.4. The van der Waals surface area contributed by atoms with Crippen LogP contribution in [0.1, 0.15) is 15.9 Å². The number of allylic oxidation sites excluding steroid dienone is 2. The summed E-state index contributed by atoms with van der Waals surface area (Å²) in [7, 11) is 0. The number of fused-ring (bicyclic) bond motifs is 2. The van der Waals surface area contributed by atoms with Crippen molar-refractivity contribution < 1.29 is 40.7 Å². The molecule has 0 bridgehead atoms. The Morgan fingerprint density at radius 2 is 1.14 bits per heavy atom. The summed E-state index contributed by atoms with van der Waals surface area (Å²) in [5.74, 6) is -4.79. The van der Waals surface area contributed by atoms with Crippen LogP contribution >= 0.6 is 0 Å². The molecule has 0 aromatic heterocycles. The zero-order valence-electron chi connectivity index (χ0n) is 18.6. The second-order valence-corrected chi connectivity index (χ2v) is 7.82. The van der Waals surface area contributed by atoms with Crippen LogP contribution in [0.3, 0.4) is 0 Å². The Morgan fingerprint density at radius 3 is 1.65 bits per heavy atom. The Kier molecular flexibility index (Phi) is 6.84. The molecule has 0 spiro atoms. The Balaban J connectivity index is 1.82. The maximum atomic E-state index is 13.6. The Morgan fingerprint density at radius 1 is 0.649 bits per heavy atom. The standard InChI is InChI=1S/C27H15F6NO3/c28-26(29,30)22(15-23(35)27(31,32)33)34-24(20-11-9-16-5-1-3-7-18(16)13-20)37-25(36)21-12-10-17-6-2-4-8-19(17)14-21/h1-15H/b22-15-,34-24?. The van der Waals surface area contributed by atoms with Crippen LogP contribution in [0, 0.1) is 0 Å². The largest absolute Gasteiger partial charge is 0.454 e. The van der Waals surface area contributed by atoms with Gasteiger partial charge in [-0.2, -0.15) is 26.3 Å². The van der Waals surface area contributed by atoms with Gasteiger partial charge in [0.25, 0.3) is 5.78 Å². The van der Waals surface area contributed by atoms with Gasteiger partial charge in [-0.1, -0.05) is 60.7 Å². The van der Waals surface area contributed by atoms with E-state index >= 15 is 0 Å². The van der Waals surface area contributed by atoms with Crippen molar-refractivity contribution >= 4 is 39.2 Å². The number of halogens is 6. The van der Waals surface area contributed by atoms with Crippen molar-refractivity contribution in [1.29, 1.82) is 0 Å². The van der Waals surface area contributed by atoms with Crippen molar-refractivity contribution in [3.05, 3.63) is 108 Å². The van der Waals surface area contributed by atoms with E-state index in [0.29, 0.717) is 16.2 Å². The SMILES string of the molecule is O=C(OC(=N/C(=C\C(=O)C(F)(F)F)C(F)(F)F)c1ccc2ccccc2c1)c1ccc2ccccc2c1. The minimum absolute atomic E-state index is 0.0314. The molecule has 0 amide bonds. The summed E-state index contributed by atoms with van der Waals surface area (Å²) in [4.78, 5) is 27.4. The molecule has 0 unspecified atom stereocenters. The van der Waals surface area contributed by atoms with Crippen molar-refractivity contribution in [2.75, 3.05) is 0 Å². The summed E-state index contributed by atoms with van der Waals surface area (Å²) in [6.07, 6.45) is -11.7. The fraction of sp³-hybridized carbons (Fsp3) is 0.0741. The van der Waals surface area contributed by atoms with Crippen LogP contribution in [0.4, 0.5) is 26.3 Å². The second kappa shape index (κ2) is 9.88. The highest BCUT2D eigenvalue weighted by Crippen LogP contribution is 2.30. The van der Waals surface area contributed by atoms with Crippen LogP contribution in [-0.2, 0) is 9.53 Å². The zero-order valence-corrected chi connectivity index (χ0v) is 18.6. The normalized spacial score (nSPS) is 13.1. The molecule has 188 valence electrons. The Hall–Kier alpha value is -4.47. The number of carbonyl (C=O) groups is 2. The maximum absolute atomic E-state index is 13.6. The highest BCUT2D eigenvalue weighted by atomic mass is 19.4. The number of esters is 1. The first kappa shape index (κ1) is 25.6. The molecule has 0 aliphatic carbocycles. The maximum Gasteiger partial charge on any atom is 0.454 e. The third-order valence-corrected chi connectivity index (χ3v) is 5.23. The van der Waals surface area contributed by atoms with Gasteiger partial charge >= 0.3 is 18.3 Å². The van der Waals surface area contributed by atoms with Gasteiger partial charge in [-0.05, 0) is 45.8 Å². The van der Waals surface area contributed by atoms with E-state index < -0.39 is 41.8 Å². The third kappa shape index (κ3) is 6.03. The van der Waals surface area contributed by atoms with Crippen molar-refractivity contribution in [3.63, 3.8) is 0 Å². The number of carbonyl (C=O) groups excluding carboxylic acids is 2. The second-order valence-electron chi connectivity index (χ2n) is 7.82. The Labute approximate surface area is 205 Å². The van der Waals surface area contributed by atoms with Crippen molar-refractivity contribution in [3.8, 4) is 0 Å². The lowest BCUT2D eigenvalue weighted by Crippen LogP contribution is -2.24. The molecule has 4 aromatic rings. The molecule has 0 atom stereocenters. The predicted octanol–water partition coefficient (Wildman–Crippen LogP) is 7.17. The van der Waals surface area contributed by atoms with Crippen LogP contribution in [0.2, 0.25) is 0 Å². The number of alkyl halides is 6. The van der Waals surface area contributed by atoms with Gasteiger partial charge in [-0.3, -0.25) is 4.79 Å². The highest BCUT2D eigenvalue weighted by Gasteiger charge is 2.42. The van der Waals surface area contributed by atoms with Crippen molar-refractivity contribution in [1.82, 2.24) is 0 Å². The van der Waals surface area contributed by atoms with E-state index in [2.05, 4.69) is 4.99 Å². The van der Waals surface area contributed by atoms with E-state index in [9.17, 15) is 35.9 Å². The number of nitrogens with zero attached hydrogens (tertiary/aromatic N) is 1. The predicted molar refractivity (Wildman–Crippen MR) is 125 cm³/mol. The van der Waals surface area contributed by atoms with Crippen molar-refractivity contribution in [2.24, 2.45) is 4.99 Å². The van der Waals surface area contributed by atoms with E-state index in [-0.39, 0.29) is 11.1 Å². The molecular formula is C27H15F6NO3. The summed E-state index contributed by atoms with van der Waals surface area (Å²) >= 11 is 0. The molecule has 0 saturated carbocycles. The van der Waals surface area contributed by atoms with Crippen LogP contribution < -0.4 is 0 Å². The number of aliphatic imine (C=N–C) groups is 1. The Bertz CT molecular complexity index is 1570. The number of ketones is 1. The van der Waals surface area contributed by atoms with Crippen LogP contribution in [0.15, 0.2) is 102 Å². The quantitative estimate of drug-likeness (QED) is 0.0952. The number of ether oxygens (including phenoxy) is 1. The van der Waals surface area contributed by atoms with E-state index in [1.807, 2.05) is 0 Å². The van der Waals surface area contributed by atoms with Gasteiger partial charge in [0.15, 0.2) is 5.70 Å². The van der Waals surface area contributed by atoms with E-state index in [1.54, 1.807) is 54.6 Å². The molecule has 0 fully saturated rings. The molecule has 0 heterocycles. The minimum atomic E-state index is -5.56. The molecule has 0 aliphatic rings. The van der Waals surface area contributed by atoms with Gasteiger partial charge in [-0.25, -0.2) is 9.79 Å². The average molecular weight is 515 g/mol. The smallest absolute Gasteiger partial charge is 0.403 e. The van der Waals surface area contributed by atoms with Gasteiger partial charge < -0.3 is 4.74 Å². The molecule has 4 aromatic carbocycles. The summed E-state index contributed by atoms with van der Waals surface area (Å²) in [6, 6.07) is 22.3. The number of rotatable bonds is 4. The minimum Gasteiger partial charge on any atom is -0.403 e. The average Bonchev–Trinajstić information content (AvgIpc) is 2.85. The molecular weight excluding hydrogens is 500 g/mol. The fourth-order valence-corrected chi connectivity index (χ4v) is 3.42. The van der Waals surface area contributed by atoms with Gasteiger partial charge in [-0.15, -0.1) is 0 Å².